The number of nitrogens with one attached hydrogen (secondary N) is 1. The fraction of sp³-hybridized carbons (Fsp3) is 0.458. The molecule has 28 heavy (non-hydrogen) atoms. The lowest BCUT2D eigenvalue weighted by molar-refractivity contribution is -0.124. The second-order valence-corrected chi connectivity index (χ2v) is 8.22. The molecule has 0 atom stereocenters. The average Bonchev–Trinajstić information content (AvgIpc) is 2.62. The highest BCUT2D eigenvalue weighted by Crippen LogP contribution is 2.30. The third-order valence-electron chi connectivity index (χ3n) is 4.66. The monoisotopic (exact) mass is 383 g/mol. The zero-order valence-electron chi connectivity index (χ0n) is 18.0. The number of carbonyl (C=O) groups is 1. The maximum absolute atomic E-state index is 12.8. The number of carbonyl (C=O) groups excluding carboxylic acids is 1. The highest BCUT2D eigenvalue weighted by atomic mass is 16.5. The molecule has 0 unspecified atom stereocenters. The van der Waals surface area contributed by atoms with Crippen LogP contribution in [0.1, 0.15) is 51.7 Å². The summed E-state index contributed by atoms with van der Waals surface area (Å²) in [5.74, 6) is 1.60. The van der Waals surface area contributed by atoms with Crippen molar-refractivity contribution in [2.75, 3.05) is 11.9 Å². The summed E-state index contributed by atoms with van der Waals surface area (Å²) in [5, 5.41) is 3.03. The summed E-state index contributed by atoms with van der Waals surface area (Å²) in [6, 6.07) is 13.8. The van der Waals surface area contributed by atoms with E-state index in [1.165, 1.54) is 5.56 Å². The van der Waals surface area contributed by atoms with Crippen LogP contribution >= 0.6 is 0 Å². The molecule has 0 radical (unpaired) electrons. The Morgan fingerprint density at radius 1 is 1.07 bits per heavy atom. The normalized spacial score (nSPS) is 11.4. The molecule has 0 fully saturated rings. The molecule has 4 heteroatoms. The van der Waals surface area contributed by atoms with E-state index in [0.717, 1.165) is 24.2 Å². The Balaban J connectivity index is 1.90. The van der Waals surface area contributed by atoms with Crippen molar-refractivity contribution in [1.82, 2.24) is 0 Å². The van der Waals surface area contributed by atoms with Crippen molar-refractivity contribution in [3.05, 3.63) is 53.6 Å². The van der Waals surface area contributed by atoms with Gasteiger partial charge in [0.15, 0.2) is 0 Å². The van der Waals surface area contributed by atoms with E-state index in [1.54, 1.807) is 0 Å². The summed E-state index contributed by atoms with van der Waals surface area (Å²) < 4.78 is 11.7. The molecular formula is C24H33NO3. The molecule has 0 aliphatic heterocycles. The summed E-state index contributed by atoms with van der Waals surface area (Å²) >= 11 is 0. The predicted molar refractivity (Wildman–Crippen MR) is 115 cm³/mol. The van der Waals surface area contributed by atoms with Crippen molar-refractivity contribution < 1.29 is 14.3 Å². The van der Waals surface area contributed by atoms with Gasteiger partial charge in [0.1, 0.15) is 11.5 Å². The molecule has 1 N–H and O–H groups in total. The molecule has 0 bridgehead atoms. The first-order valence-electron chi connectivity index (χ1n) is 9.96. The number of hydrogen-bond donors (Lipinski definition) is 1. The average molecular weight is 384 g/mol. The van der Waals surface area contributed by atoms with Gasteiger partial charge in [0, 0.05) is 5.41 Å². The van der Waals surface area contributed by atoms with E-state index in [0.29, 0.717) is 18.0 Å². The summed E-state index contributed by atoms with van der Waals surface area (Å²) in [5.41, 5.74) is 2.52. The SMILES string of the molecule is Cc1ccc(C)c(OCCCC(C)(C)C(=O)Nc2ccccc2OC(C)C)c1. The zero-order valence-corrected chi connectivity index (χ0v) is 18.0. The molecule has 0 aliphatic carbocycles. The molecule has 0 heterocycles. The lowest BCUT2D eigenvalue weighted by Gasteiger charge is -2.24. The Morgan fingerprint density at radius 2 is 1.79 bits per heavy atom. The topological polar surface area (TPSA) is 47.6 Å². The molecule has 0 aromatic heterocycles. The van der Waals surface area contributed by atoms with Crippen molar-refractivity contribution in [1.29, 1.82) is 0 Å². The van der Waals surface area contributed by atoms with E-state index in [4.69, 9.17) is 9.47 Å². The molecule has 0 saturated carbocycles. The number of ether oxygens (including phenoxy) is 2. The van der Waals surface area contributed by atoms with Gasteiger partial charge < -0.3 is 14.8 Å². The Morgan fingerprint density at radius 3 is 2.50 bits per heavy atom. The maximum atomic E-state index is 12.8. The molecular weight excluding hydrogens is 350 g/mol. The van der Waals surface area contributed by atoms with E-state index in [9.17, 15) is 4.79 Å². The molecule has 4 nitrogen and oxygen atoms in total. The Kier molecular flexibility index (Phi) is 7.50. The molecule has 0 aliphatic rings. The molecule has 2 rings (SSSR count). The standard InChI is InChI=1S/C24H33NO3/c1-17(2)28-21-11-8-7-10-20(21)25-23(26)24(5,6)14-9-15-27-22-16-18(3)12-13-19(22)4/h7-8,10-13,16-17H,9,14-15H2,1-6H3,(H,25,26). The van der Waals surface area contributed by atoms with Gasteiger partial charge in [-0.2, -0.15) is 0 Å². The van der Waals surface area contributed by atoms with Crippen molar-refractivity contribution >= 4 is 11.6 Å². The molecule has 0 spiro atoms. The summed E-state index contributed by atoms with van der Waals surface area (Å²) in [7, 11) is 0. The minimum absolute atomic E-state index is 0.0148. The number of amides is 1. The first-order valence-corrected chi connectivity index (χ1v) is 9.96. The van der Waals surface area contributed by atoms with Crippen LogP contribution in [0.3, 0.4) is 0 Å². The molecule has 2 aromatic carbocycles. The number of anilines is 1. The van der Waals surface area contributed by atoms with Crippen LogP contribution in [0.5, 0.6) is 11.5 Å². The molecule has 0 saturated heterocycles. The van der Waals surface area contributed by atoms with Gasteiger partial charge in [-0.05, 0) is 69.9 Å². The van der Waals surface area contributed by atoms with Crippen molar-refractivity contribution in [3.8, 4) is 11.5 Å². The highest BCUT2D eigenvalue weighted by molar-refractivity contribution is 5.96. The van der Waals surface area contributed by atoms with Gasteiger partial charge in [0.05, 0.1) is 18.4 Å². The Bertz CT molecular complexity index is 796. The largest absolute Gasteiger partial charge is 0.493 e. The zero-order chi connectivity index (χ0) is 20.7. The predicted octanol–water partition coefficient (Wildman–Crippen LogP) is 5.91. The molecule has 2 aromatic rings. The second kappa shape index (κ2) is 9.63. The van der Waals surface area contributed by atoms with E-state index >= 15 is 0 Å². The van der Waals surface area contributed by atoms with E-state index in [-0.39, 0.29) is 12.0 Å². The first kappa shape index (κ1) is 21.8. The number of rotatable bonds is 9. The third kappa shape index (κ3) is 6.29. The number of para-hydroxylation sites is 2. The lowest BCUT2D eigenvalue weighted by Crippen LogP contribution is -2.31. The quantitative estimate of drug-likeness (QED) is 0.547. The summed E-state index contributed by atoms with van der Waals surface area (Å²) in [6.07, 6.45) is 1.59. The van der Waals surface area contributed by atoms with Crippen molar-refractivity contribution in [2.24, 2.45) is 5.41 Å². The van der Waals surface area contributed by atoms with E-state index < -0.39 is 5.41 Å². The van der Waals surface area contributed by atoms with Crippen LogP contribution in [-0.2, 0) is 4.79 Å². The fourth-order valence-corrected chi connectivity index (χ4v) is 2.89. The van der Waals surface area contributed by atoms with Crippen LogP contribution in [0.15, 0.2) is 42.5 Å². The minimum Gasteiger partial charge on any atom is -0.493 e. The van der Waals surface area contributed by atoms with Crippen LogP contribution in [0, 0.1) is 19.3 Å². The first-order chi connectivity index (χ1) is 13.2. The van der Waals surface area contributed by atoms with E-state index in [1.807, 2.05) is 58.9 Å². The molecule has 1 amide bonds. The highest BCUT2D eigenvalue weighted by Gasteiger charge is 2.28. The number of benzene rings is 2. The minimum atomic E-state index is -0.504. The maximum Gasteiger partial charge on any atom is 0.230 e. The Hall–Kier alpha value is -2.49. The lowest BCUT2D eigenvalue weighted by atomic mass is 9.87. The number of aryl methyl sites for hydroxylation is 2. The number of hydrogen-bond acceptors (Lipinski definition) is 3. The van der Waals surface area contributed by atoms with Gasteiger partial charge in [0.2, 0.25) is 5.91 Å². The third-order valence-corrected chi connectivity index (χ3v) is 4.66. The van der Waals surface area contributed by atoms with Gasteiger partial charge >= 0.3 is 0 Å². The Labute approximate surface area is 169 Å². The van der Waals surface area contributed by atoms with Gasteiger partial charge in [-0.3, -0.25) is 4.79 Å². The van der Waals surface area contributed by atoms with Crippen LogP contribution < -0.4 is 14.8 Å². The van der Waals surface area contributed by atoms with Crippen molar-refractivity contribution in [2.45, 2.75) is 60.5 Å². The van der Waals surface area contributed by atoms with Crippen LogP contribution in [-0.4, -0.2) is 18.6 Å². The van der Waals surface area contributed by atoms with Crippen molar-refractivity contribution in [3.63, 3.8) is 0 Å². The van der Waals surface area contributed by atoms with Gasteiger partial charge in [-0.25, -0.2) is 0 Å². The smallest absolute Gasteiger partial charge is 0.230 e. The van der Waals surface area contributed by atoms with Crippen LogP contribution in [0.4, 0.5) is 5.69 Å². The summed E-state index contributed by atoms with van der Waals surface area (Å²) in [4.78, 5) is 12.8. The fourth-order valence-electron chi connectivity index (χ4n) is 2.89. The van der Waals surface area contributed by atoms with Gasteiger partial charge in [-0.15, -0.1) is 0 Å². The van der Waals surface area contributed by atoms with Gasteiger partial charge in [0.25, 0.3) is 0 Å². The summed E-state index contributed by atoms with van der Waals surface area (Å²) in [6.45, 7) is 12.6. The molecule has 152 valence electrons. The van der Waals surface area contributed by atoms with Gasteiger partial charge in [-0.1, -0.05) is 38.1 Å². The second-order valence-electron chi connectivity index (χ2n) is 8.22. The van der Waals surface area contributed by atoms with E-state index in [2.05, 4.69) is 30.4 Å². The van der Waals surface area contributed by atoms with Crippen LogP contribution in [0.25, 0.3) is 0 Å². The van der Waals surface area contributed by atoms with Crippen LogP contribution in [0.2, 0.25) is 0 Å².